The fourth-order valence-electron chi connectivity index (χ4n) is 2.14. The van der Waals surface area contributed by atoms with Gasteiger partial charge in [0.15, 0.2) is 5.96 Å². The molecule has 0 aliphatic carbocycles. The average molecular weight is 410 g/mol. The number of hydrogen-bond acceptors (Lipinski definition) is 2. The zero-order valence-corrected chi connectivity index (χ0v) is 15.3. The normalized spacial score (nSPS) is 12.6. The van der Waals surface area contributed by atoms with E-state index in [0.29, 0.717) is 12.5 Å². The van der Waals surface area contributed by atoms with Crippen LogP contribution in [0.4, 0.5) is 5.69 Å². The lowest BCUT2D eigenvalue weighted by atomic mass is 10.1. The molecule has 118 valence electrons. The summed E-state index contributed by atoms with van der Waals surface area (Å²) in [5, 5.41) is 3.10. The summed E-state index contributed by atoms with van der Waals surface area (Å²) in [5.41, 5.74) is 8.13. The van der Waals surface area contributed by atoms with Crippen molar-refractivity contribution in [2.45, 2.75) is 6.04 Å². The molecule has 0 saturated heterocycles. The maximum absolute atomic E-state index is 5.95. The van der Waals surface area contributed by atoms with Gasteiger partial charge < -0.3 is 16.0 Å². The topological polar surface area (TPSA) is 53.6 Å². The summed E-state index contributed by atoms with van der Waals surface area (Å²) in [5.74, 6) is 0.434. The van der Waals surface area contributed by atoms with E-state index in [-0.39, 0.29) is 30.0 Å². The van der Waals surface area contributed by atoms with Crippen molar-refractivity contribution in [1.82, 2.24) is 4.90 Å². The summed E-state index contributed by atoms with van der Waals surface area (Å²) >= 11 is 0. The van der Waals surface area contributed by atoms with Crippen LogP contribution in [0.2, 0.25) is 0 Å². The fraction of sp³-hybridized carbons (Fsp3) is 0.235. The van der Waals surface area contributed by atoms with Crippen molar-refractivity contribution in [3.63, 3.8) is 0 Å². The molecule has 2 aromatic rings. The van der Waals surface area contributed by atoms with Crippen molar-refractivity contribution >= 4 is 35.6 Å². The first-order valence-electron chi connectivity index (χ1n) is 7.00. The number of rotatable bonds is 5. The maximum Gasteiger partial charge on any atom is 0.193 e. The highest BCUT2D eigenvalue weighted by Gasteiger charge is 2.13. The molecule has 3 N–H and O–H groups in total. The van der Waals surface area contributed by atoms with Gasteiger partial charge in [-0.1, -0.05) is 48.5 Å². The minimum absolute atomic E-state index is 0. The van der Waals surface area contributed by atoms with Crippen molar-refractivity contribution in [1.29, 1.82) is 0 Å². The molecule has 1 unspecified atom stereocenters. The Bertz CT molecular complexity index is 570. The number of likely N-dealkylation sites (N-methyl/N-ethyl adjacent to an activating group) is 1. The fourth-order valence-corrected chi connectivity index (χ4v) is 2.14. The number of nitrogens with two attached hydrogens (primary N) is 1. The van der Waals surface area contributed by atoms with Gasteiger partial charge in [0.25, 0.3) is 0 Å². The lowest BCUT2D eigenvalue weighted by molar-refractivity contribution is 0.306. The van der Waals surface area contributed by atoms with Gasteiger partial charge in [-0.25, -0.2) is 0 Å². The highest BCUT2D eigenvalue weighted by atomic mass is 127. The van der Waals surface area contributed by atoms with Crippen LogP contribution >= 0.6 is 24.0 Å². The van der Waals surface area contributed by atoms with Crippen molar-refractivity contribution in [2.24, 2.45) is 10.7 Å². The number of anilines is 1. The molecule has 5 heteroatoms. The molecule has 0 heterocycles. The van der Waals surface area contributed by atoms with Gasteiger partial charge in [-0.2, -0.15) is 0 Å². The lowest BCUT2D eigenvalue weighted by Crippen LogP contribution is -2.27. The van der Waals surface area contributed by atoms with Crippen molar-refractivity contribution in [2.75, 3.05) is 26.0 Å². The Kier molecular flexibility index (Phi) is 7.90. The Morgan fingerprint density at radius 3 is 2.14 bits per heavy atom. The number of halogens is 1. The smallest absolute Gasteiger partial charge is 0.193 e. The largest absolute Gasteiger partial charge is 0.370 e. The van der Waals surface area contributed by atoms with Crippen LogP contribution in [0.3, 0.4) is 0 Å². The van der Waals surface area contributed by atoms with Crippen LogP contribution < -0.4 is 11.1 Å². The van der Waals surface area contributed by atoms with Crippen molar-refractivity contribution in [3.8, 4) is 0 Å². The van der Waals surface area contributed by atoms with Gasteiger partial charge in [-0.05, 0) is 31.8 Å². The number of nitrogens with one attached hydrogen (secondary N) is 1. The highest BCUT2D eigenvalue weighted by Crippen LogP contribution is 2.18. The first-order valence-corrected chi connectivity index (χ1v) is 7.00. The molecule has 1 atom stereocenters. The monoisotopic (exact) mass is 410 g/mol. The second-order valence-corrected chi connectivity index (χ2v) is 5.11. The van der Waals surface area contributed by atoms with Gasteiger partial charge in [0.2, 0.25) is 0 Å². The molecule has 0 aliphatic rings. The SMILES string of the molecule is CN(C)C(CN=C(N)Nc1ccccc1)c1ccccc1.I. The number of para-hydroxylation sites is 1. The molecular formula is C17H23IN4. The Hall–Kier alpha value is -1.60. The van der Waals surface area contributed by atoms with Crippen LogP contribution in [0.1, 0.15) is 11.6 Å². The van der Waals surface area contributed by atoms with Crippen LogP contribution in [-0.2, 0) is 0 Å². The van der Waals surface area contributed by atoms with Crippen LogP contribution in [0.15, 0.2) is 65.7 Å². The number of nitrogens with zero attached hydrogens (tertiary/aromatic N) is 2. The third-order valence-corrected chi connectivity index (χ3v) is 3.29. The number of aliphatic imine (C=N–C) groups is 1. The summed E-state index contributed by atoms with van der Waals surface area (Å²) in [6.45, 7) is 0.614. The highest BCUT2D eigenvalue weighted by molar-refractivity contribution is 14.0. The van der Waals surface area contributed by atoms with Crippen molar-refractivity contribution in [3.05, 3.63) is 66.2 Å². The Morgan fingerprint density at radius 2 is 1.59 bits per heavy atom. The summed E-state index contributed by atoms with van der Waals surface area (Å²) in [7, 11) is 4.10. The van der Waals surface area contributed by atoms with E-state index in [2.05, 4.69) is 27.3 Å². The molecule has 0 bridgehead atoms. The number of guanidine groups is 1. The molecule has 4 nitrogen and oxygen atoms in total. The van der Waals surface area contributed by atoms with Crippen molar-refractivity contribution < 1.29 is 0 Å². The predicted molar refractivity (Wildman–Crippen MR) is 105 cm³/mol. The van der Waals surface area contributed by atoms with Gasteiger partial charge in [0, 0.05) is 5.69 Å². The third kappa shape index (κ3) is 5.65. The van der Waals surface area contributed by atoms with Gasteiger partial charge in [-0.3, -0.25) is 4.99 Å². The van der Waals surface area contributed by atoms with Crippen LogP contribution in [-0.4, -0.2) is 31.5 Å². The van der Waals surface area contributed by atoms with Gasteiger partial charge >= 0.3 is 0 Å². The molecule has 0 aromatic heterocycles. The second-order valence-electron chi connectivity index (χ2n) is 5.11. The molecule has 0 amide bonds. The van der Waals surface area contributed by atoms with E-state index in [4.69, 9.17) is 5.73 Å². The van der Waals surface area contributed by atoms with Crippen LogP contribution in [0, 0.1) is 0 Å². The van der Waals surface area contributed by atoms with E-state index < -0.39 is 0 Å². The molecule has 22 heavy (non-hydrogen) atoms. The predicted octanol–water partition coefficient (Wildman–Crippen LogP) is 3.33. The van der Waals surface area contributed by atoms with E-state index in [9.17, 15) is 0 Å². The van der Waals surface area contributed by atoms with E-state index in [1.165, 1.54) is 5.56 Å². The molecule has 0 radical (unpaired) electrons. The van der Waals surface area contributed by atoms with Gasteiger partial charge in [0.1, 0.15) is 0 Å². The minimum Gasteiger partial charge on any atom is -0.370 e. The molecule has 2 aromatic carbocycles. The Labute approximate surface area is 149 Å². The van der Waals surface area contributed by atoms with Crippen LogP contribution in [0.25, 0.3) is 0 Å². The van der Waals surface area contributed by atoms with E-state index in [1.54, 1.807) is 0 Å². The summed E-state index contributed by atoms with van der Waals surface area (Å²) < 4.78 is 0. The Morgan fingerprint density at radius 1 is 1.05 bits per heavy atom. The molecule has 2 rings (SSSR count). The molecular weight excluding hydrogens is 387 g/mol. The first kappa shape index (κ1) is 18.4. The summed E-state index contributed by atoms with van der Waals surface area (Å²) in [6, 6.07) is 20.4. The molecule has 0 spiro atoms. The maximum atomic E-state index is 5.95. The minimum atomic E-state index is 0. The van der Waals surface area contributed by atoms with Gasteiger partial charge in [0.05, 0.1) is 12.6 Å². The molecule has 0 saturated carbocycles. The number of benzene rings is 2. The summed E-state index contributed by atoms with van der Waals surface area (Å²) in [6.07, 6.45) is 0. The quantitative estimate of drug-likeness (QED) is 0.452. The first-order chi connectivity index (χ1) is 10.2. The van der Waals surface area contributed by atoms with E-state index in [1.807, 2.05) is 62.6 Å². The Balaban J connectivity index is 0.00000242. The van der Waals surface area contributed by atoms with E-state index in [0.717, 1.165) is 5.69 Å². The zero-order chi connectivity index (χ0) is 15.1. The standard InChI is InChI=1S/C17H22N4.HI/c1-21(2)16(14-9-5-3-6-10-14)13-19-17(18)20-15-11-7-4-8-12-15;/h3-12,16H,13H2,1-2H3,(H3,18,19,20);1H. The number of hydrogen-bond donors (Lipinski definition) is 2. The second kappa shape index (κ2) is 9.42. The lowest BCUT2D eigenvalue weighted by Gasteiger charge is -2.23. The molecule has 0 fully saturated rings. The molecule has 0 aliphatic heterocycles. The van der Waals surface area contributed by atoms with E-state index >= 15 is 0 Å². The average Bonchev–Trinajstić information content (AvgIpc) is 2.49. The van der Waals surface area contributed by atoms with Crippen LogP contribution in [0.5, 0.6) is 0 Å². The summed E-state index contributed by atoms with van der Waals surface area (Å²) in [4.78, 5) is 6.61. The third-order valence-electron chi connectivity index (χ3n) is 3.29. The zero-order valence-electron chi connectivity index (χ0n) is 12.9. The van der Waals surface area contributed by atoms with Gasteiger partial charge in [-0.15, -0.1) is 24.0 Å².